The van der Waals surface area contributed by atoms with Crippen molar-refractivity contribution in [2.45, 2.75) is 19.9 Å². The maximum Gasteiger partial charge on any atom is 0.339 e. The first-order valence-corrected chi connectivity index (χ1v) is 9.61. The van der Waals surface area contributed by atoms with Crippen molar-refractivity contribution in [3.05, 3.63) is 65.1 Å². The Morgan fingerprint density at radius 2 is 1.76 bits per heavy atom. The Kier molecular flexibility index (Phi) is 6.52. The minimum Gasteiger partial charge on any atom is -0.478 e. The van der Waals surface area contributed by atoms with E-state index in [0.29, 0.717) is 5.56 Å². The van der Waals surface area contributed by atoms with E-state index in [1.54, 1.807) is 13.0 Å². The highest BCUT2D eigenvalue weighted by atomic mass is 19.1. The van der Waals surface area contributed by atoms with E-state index in [0.717, 1.165) is 0 Å². The minimum absolute atomic E-state index is 0.00981. The third-order valence-corrected chi connectivity index (χ3v) is 4.57. The number of hydrogen-bond donors (Lipinski definition) is 4. The molecule has 3 rings (SSSR count). The summed E-state index contributed by atoms with van der Waals surface area (Å²) in [5.41, 5.74) is 10.9. The maximum atomic E-state index is 13.2. The van der Waals surface area contributed by atoms with E-state index in [9.17, 15) is 23.9 Å². The summed E-state index contributed by atoms with van der Waals surface area (Å²) in [7, 11) is 0. The van der Waals surface area contributed by atoms with Gasteiger partial charge >= 0.3 is 5.97 Å². The number of aromatic nitrogens is 2. The summed E-state index contributed by atoms with van der Waals surface area (Å²) in [4.78, 5) is 43.4. The molecule has 1 heterocycles. The lowest BCUT2D eigenvalue weighted by molar-refractivity contribution is -0.118. The molecule has 0 aliphatic carbocycles. The fourth-order valence-electron chi connectivity index (χ4n) is 2.89. The van der Waals surface area contributed by atoms with Gasteiger partial charge in [-0.05, 0) is 55.8 Å². The average Bonchev–Trinajstić information content (AvgIpc) is 2.75. The van der Waals surface area contributed by atoms with Crippen molar-refractivity contribution >= 4 is 23.6 Å². The number of nitrogens with zero attached hydrogens (tertiary/aromatic N) is 2. The summed E-state index contributed by atoms with van der Waals surface area (Å²) in [6.07, 6.45) is 0. The number of ether oxygens (including phenoxy) is 1. The van der Waals surface area contributed by atoms with Gasteiger partial charge < -0.3 is 26.6 Å². The molecule has 0 saturated carbocycles. The van der Waals surface area contributed by atoms with E-state index in [4.69, 9.17) is 16.2 Å². The highest BCUT2D eigenvalue weighted by Gasteiger charge is 2.20. The van der Waals surface area contributed by atoms with Crippen molar-refractivity contribution in [2.75, 3.05) is 5.32 Å². The summed E-state index contributed by atoms with van der Waals surface area (Å²) in [6, 6.07) is 8.38. The molecule has 11 heteroatoms. The zero-order valence-corrected chi connectivity index (χ0v) is 17.6. The molecule has 1 unspecified atom stereocenters. The summed E-state index contributed by atoms with van der Waals surface area (Å²) in [6.45, 7) is 3.11. The normalized spacial score (nSPS) is 11.5. The number of carbonyl (C=O) groups excluding carboxylic acids is 2. The second kappa shape index (κ2) is 9.30. The van der Waals surface area contributed by atoms with Gasteiger partial charge in [0.1, 0.15) is 40.4 Å². The Labute approximate surface area is 187 Å². The van der Waals surface area contributed by atoms with Crippen molar-refractivity contribution in [3.63, 3.8) is 0 Å². The number of halogens is 1. The molecule has 1 aromatic heterocycles. The van der Waals surface area contributed by atoms with Gasteiger partial charge in [0, 0.05) is 11.6 Å². The number of aromatic carboxylic acids is 1. The average molecular weight is 453 g/mol. The van der Waals surface area contributed by atoms with Crippen LogP contribution in [0, 0.1) is 12.7 Å². The molecule has 2 aromatic carbocycles. The largest absolute Gasteiger partial charge is 0.478 e. The van der Waals surface area contributed by atoms with E-state index >= 15 is 0 Å². The smallest absolute Gasteiger partial charge is 0.339 e. The molecule has 6 N–H and O–H groups in total. The zero-order valence-electron chi connectivity index (χ0n) is 17.6. The molecule has 2 amide bonds. The molecule has 0 radical (unpaired) electrons. The Hall–Kier alpha value is -4.54. The van der Waals surface area contributed by atoms with Crippen LogP contribution in [0.4, 0.5) is 10.2 Å². The van der Waals surface area contributed by atoms with Gasteiger partial charge in [0.15, 0.2) is 5.82 Å². The molecule has 0 fully saturated rings. The van der Waals surface area contributed by atoms with Crippen LogP contribution in [0.15, 0.2) is 42.5 Å². The first-order valence-electron chi connectivity index (χ1n) is 9.61. The third kappa shape index (κ3) is 5.39. The number of benzene rings is 2. The Balaban J connectivity index is 2.09. The van der Waals surface area contributed by atoms with Crippen LogP contribution in [-0.4, -0.2) is 38.9 Å². The van der Waals surface area contributed by atoms with Gasteiger partial charge in [-0.1, -0.05) is 0 Å². The van der Waals surface area contributed by atoms with Crippen LogP contribution < -0.4 is 21.5 Å². The van der Waals surface area contributed by atoms with Crippen LogP contribution in [0.25, 0.3) is 11.4 Å². The van der Waals surface area contributed by atoms with Gasteiger partial charge in [0.2, 0.25) is 5.91 Å². The summed E-state index contributed by atoms with van der Waals surface area (Å²) in [5, 5.41) is 12.5. The molecule has 0 spiro atoms. The number of aryl methyl sites for hydroxylation is 1. The number of nitrogens with two attached hydrogens (primary N) is 2. The van der Waals surface area contributed by atoms with Crippen LogP contribution in [-0.2, 0) is 4.79 Å². The molecule has 170 valence electrons. The van der Waals surface area contributed by atoms with Gasteiger partial charge in [0.05, 0.1) is 0 Å². The van der Waals surface area contributed by atoms with E-state index in [1.165, 1.54) is 43.3 Å². The number of rotatable bonds is 8. The number of nitrogens with one attached hydrogen (secondary N) is 1. The molecule has 10 nitrogen and oxygen atoms in total. The number of carboxylic acid groups (broad SMARTS) is 1. The third-order valence-electron chi connectivity index (χ3n) is 4.57. The van der Waals surface area contributed by atoms with Gasteiger partial charge in [-0.15, -0.1) is 0 Å². The molecule has 33 heavy (non-hydrogen) atoms. The lowest BCUT2D eigenvalue weighted by atomic mass is 10.0. The first-order chi connectivity index (χ1) is 15.5. The van der Waals surface area contributed by atoms with Crippen LogP contribution >= 0.6 is 0 Å². The van der Waals surface area contributed by atoms with Crippen molar-refractivity contribution < 1.29 is 28.6 Å². The molecule has 0 bridgehead atoms. The van der Waals surface area contributed by atoms with Gasteiger partial charge in [0.25, 0.3) is 5.91 Å². The highest BCUT2D eigenvalue weighted by Crippen LogP contribution is 2.33. The predicted molar refractivity (Wildman–Crippen MR) is 116 cm³/mol. The summed E-state index contributed by atoms with van der Waals surface area (Å²) in [5.74, 6) is -2.87. The number of amides is 2. The first kappa shape index (κ1) is 23.1. The SMILES string of the molecule is Cc1cc(-c2nc(NC(C)C(N)=O)cc(C(N)=O)n2)cc(C(=O)O)c1Oc1ccc(F)cc1. The van der Waals surface area contributed by atoms with Crippen LogP contribution in [0.3, 0.4) is 0 Å². The predicted octanol–water partition coefficient (Wildman–Crippen LogP) is 2.47. The fourth-order valence-corrected chi connectivity index (χ4v) is 2.89. The lowest BCUT2D eigenvalue weighted by Gasteiger charge is -2.15. The molecule has 0 saturated heterocycles. The standard InChI is InChI=1S/C22H20FN5O5/c1-10-7-12(8-15(22(31)32)18(10)33-14-5-3-13(23)4-6-14)21-27-16(20(25)30)9-17(28-21)26-11(2)19(24)29/h3-9,11H,1-2H3,(H2,24,29)(H2,25,30)(H,31,32)(H,26,27,28). The van der Waals surface area contributed by atoms with Gasteiger partial charge in [-0.2, -0.15) is 0 Å². The summed E-state index contributed by atoms with van der Waals surface area (Å²) >= 11 is 0. The monoisotopic (exact) mass is 453 g/mol. The van der Waals surface area contributed by atoms with Crippen molar-refractivity contribution in [3.8, 4) is 22.9 Å². The van der Waals surface area contributed by atoms with Crippen LogP contribution in [0.1, 0.15) is 33.3 Å². The topological polar surface area (TPSA) is 171 Å². The van der Waals surface area contributed by atoms with E-state index in [-0.39, 0.29) is 40.0 Å². The maximum absolute atomic E-state index is 13.2. The van der Waals surface area contributed by atoms with Crippen molar-refractivity contribution in [2.24, 2.45) is 11.5 Å². The Bertz CT molecular complexity index is 1250. The second-order valence-corrected chi connectivity index (χ2v) is 7.13. The number of hydrogen-bond acceptors (Lipinski definition) is 7. The number of anilines is 1. The second-order valence-electron chi connectivity index (χ2n) is 7.13. The quantitative estimate of drug-likeness (QED) is 0.403. The Morgan fingerprint density at radius 3 is 2.33 bits per heavy atom. The lowest BCUT2D eigenvalue weighted by Crippen LogP contribution is -2.33. The summed E-state index contributed by atoms with van der Waals surface area (Å²) < 4.78 is 18.9. The molecule has 0 aliphatic rings. The van der Waals surface area contributed by atoms with Gasteiger partial charge in [-0.3, -0.25) is 9.59 Å². The number of primary amides is 2. The van der Waals surface area contributed by atoms with Crippen LogP contribution in [0.2, 0.25) is 0 Å². The zero-order chi connectivity index (χ0) is 24.3. The number of carboxylic acids is 1. The molecule has 0 aliphatic heterocycles. The molecule has 3 aromatic rings. The van der Waals surface area contributed by atoms with E-state index < -0.39 is 29.6 Å². The molecular weight excluding hydrogens is 433 g/mol. The van der Waals surface area contributed by atoms with E-state index in [1.807, 2.05) is 0 Å². The Morgan fingerprint density at radius 1 is 1.09 bits per heavy atom. The van der Waals surface area contributed by atoms with Crippen molar-refractivity contribution in [1.29, 1.82) is 0 Å². The molecule has 1 atom stereocenters. The highest BCUT2D eigenvalue weighted by molar-refractivity contribution is 5.94. The molecular formula is C22H20FN5O5. The van der Waals surface area contributed by atoms with Crippen LogP contribution in [0.5, 0.6) is 11.5 Å². The minimum atomic E-state index is -1.29. The van der Waals surface area contributed by atoms with Crippen molar-refractivity contribution in [1.82, 2.24) is 9.97 Å². The van der Waals surface area contributed by atoms with Gasteiger partial charge in [-0.25, -0.2) is 19.2 Å². The fraction of sp³-hybridized carbons (Fsp3) is 0.136. The number of carbonyl (C=O) groups is 3. The van der Waals surface area contributed by atoms with E-state index in [2.05, 4.69) is 15.3 Å².